The predicted octanol–water partition coefficient (Wildman–Crippen LogP) is 1.52. The van der Waals surface area contributed by atoms with Crippen LogP contribution in [0.4, 0.5) is 5.69 Å². The van der Waals surface area contributed by atoms with Crippen molar-refractivity contribution in [3.63, 3.8) is 0 Å². The van der Waals surface area contributed by atoms with Crippen molar-refractivity contribution in [2.24, 2.45) is 0 Å². The second-order valence-electron chi connectivity index (χ2n) is 6.18. The summed E-state index contributed by atoms with van der Waals surface area (Å²) in [5, 5.41) is 6.29. The topological polar surface area (TPSA) is 55.1 Å². The Balaban J connectivity index is 0.000000270. The molecule has 0 atom stereocenters. The van der Waals surface area contributed by atoms with E-state index >= 15 is 0 Å². The van der Waals surface area contributed by atoms with E-state index in [-0.39, 0.29) is 62.7 Å². The summed E-state index contributed by atoms with van der Waals surface area (Å²) >= 11 is 0. The van der Waals surface area contributed by atoms with E-state index in [2.05, 4.69) is 43.5 Å². The normalized spacial score (nSPS) is 10.0. The molecule has 3 rings (SSSR count). The minimum Gasteiger partial charge on any atom is -0.470 e. The number of nitrogens with one attached hydrogen (secondary N) is 1. The summed E-state index contributed by atoms with van der Waals surface area (Å²) in [6.07, 6.45) is 2.62. The molecule has 25 heavy (non-hydrogen) atoms. The monoisotopic (exact) mass is 359 g/mol. The van der Waals surface area contributed by atoms with Gasteiger partial charge in [0, 0.05) is 5.69 Å². The molecule has 0 unspecified atom stereocenters. The Labute approximate surface area is 191 Å². The largest absolute Gasteiger partial charge is 1.00 e. The van der Waals surface area contributed by atoms with E-state index in [1.165, 1.54) is 0 Å². The summed E-state index contributed by atoms with van der Waals surface area (Å²) in [6.45, 7) is 6.21. The van der Waals surface area contributed by atoms with Crippen LogP contribution in [0.5, 0.6) is 0 Å². The Morgan fingerprint density at radius 1 is 1.08 bits per heavy atom. The summed E-state index contributed by atoms with van der Waals surface area (Å²) in [7, 11) is 0. The van der Waals surface area contributed by atoms with E-state index in [1.807, 2.05) is 30.3 Å². The van der Waals surface area contributed by atoms with Crippen LogP contribution < -0.4 is 56.7 Å². The molecule has 0 aliphatic heterocycles. The Morgan fingerprint density at radius 2 is 1.72 bits per heavy atom. The van der Waals surface area contributed by atoms with Crippen LogP contribution in [0.3, 0.4) is 0 Å². The van der Waals surface area contributed by atoms with Crippen LogP contribution in [0.1, 0.15) is 36.9 Å². The minimum absolute atomic E-state index is 0. The minimum atomic E-state index is -0.102. The van der Waals surface area contributed by atoms with Crippen LogP contribution in [-0.2, 0) is 5.41 Å². The molecule has 0 aliphatic rings. The zero-order valence-corrected chi connectivity index (χ0v) is 18.2. The number of amides is 1. The molecule has 1 amide bonds. The standard InChI is InChI=1S/C13H10NO.C7H10NO.K/c15-13(11-7-3-1-4-8-11)14-12-9-5-2-6-10-12;1-7(2,3)6-4-5-8-9-6;/h2-10H,(H,14,15);4H,1-3H3;/q2*-1;+1. The van der Waals surface area contributed by atoms with E-state index < -0.39 is 0 Å². The molecule has 5 heteroatoms. The Morgan fingerprint density at radius 3 is 2.20 bits per heavy atom. The fourth-order valence-corrected chi connectivity index (χ4v) is 1.80. The van der Waals surface area contributed by atoms with Crippen molar-refractivity contribution in [1.82, 2.24) is 5.16 Å². The molecule has 2 aromatic carbocycles. The van der Waals surface area contributed by atoms with Crippen LogP contribution in [0, 0.1) is 12.3 Å². The third-order valence-electron chi connectivity index (χ3n) is 3.14. The molecule has 1 heterocycles. The molecule has 0 bridgehead atoms. The summed E-state index contributed by atoms with van der Waals surface area (Å²) < 4.78 is 4.89. The molecule has 4 nitrogen and oxygen atoms in total. The number of nitrogens with zero attached hydrogens (tertiary/aromatic N) is 1. The average molecular weight is 359 g/mol. The molecule has 1 N–H and O–H groups in total. The van der Waals surface area contributed by atoms with Crippen LogP contribution in [0.15, 0.2) is 65.2 Å². The SMILES string of the molecule is CC(C)(C)c1c[c-]no1.O=C(Nc1ccccc1)c1cc[c-]cc1.[K+]. The van der Waals surface area contributed by atoms with Gasteiger partial charge in [0.25, 0.3) is 0 Å². The molecular formula is C20H20KN2O2-. The first-order chi connectivity index (χ1) is 11.5. The van der Waals surface area contributed by atoms with Gasteiger partial charge < -0.3 is 9.84 Å². The molecule has 0 radical (unpaired) electrons. The third-order valence-corrected chi connectivity index (χ3v) is 3.14. The molecule has 124 valence electrons. The van der Waals surface area contributed by atoms with Crippen molar-refractivity contribution < 1.29 is 60.7 Å². The van der Waals surface area contributed by atoms with Crippen LogP contribution in [0.25, 0.3) is 0 Å². The Bertz CT molecular complexity index is 736. The number of aromatic nitrogens is 1. The molecule has 0 saturated carbocycles. The molecule has 0 saturated heterocycles. The number of benzene rings is 2. The van der Waals surface area contributed by atoms with Crippen molar-refractivity contribution >= 4 is 11.6 Å². The van der Waals surface area contributed by atoms with Gasteiger partial charge in [0.05, 0.1) is 0 Å². The fourth-order valence-electron chi connectivity index (χ4n) is 1.80. The predicted molar refractivity (Wildman–Crippen MR) is 93.7 cm³/mol. The second kappa shape index (κ2) is 10.7. The summed E-state index contributed by atoms with van der Waals surface area (Å²) in [5.41, 5.74) is 1.50. The average Bonchev–Trinajstić information content (AvgIpc) is 3.12. The first kappa shape index (κ1) is 21.8. The zero-order valence-electron chi connectivity index (χ0n) is 15.0. The maximum Gasteiger partial charge on any atom is 1.00 e. The van der Waals surface area contributed by atoms with Gasteiger partial charge in [0.1, 0.15) is 0 Å². The van der Waals surface area contributed by atoms with E-state index in [0.29, 0.717) is 5.56 Å². The molecule has 0 aliphatic carbocycles. The zero-order chi connectivity index (χ0) is 17.4. The van der Waals surface area contributed by atoms with Gasteiger partial charge in [-0.3, -0.25) is 4.79 Å². The summed E-state index contributed by atoms with van der Waals surface area (Å²) in [5.74, 6) is 0.776. The molecular weight excluding hydrogens is 339 g/mol. The van der Waals surface area contributed by atoms with Crippen molar-refractivity contribution in [3.05, 3.63) is 84.3 Å². The smallest absolute Gasteiger partial charge is 0.470 e. The number of hydrogen-bond acceptors (Lipinski definition) is 3. The molecule has 1 aromatic heterocycles. The van der Waals surface area contributed by atoms with Gasteiger partial charge >= 0.3 is 51.4 Å². The van der Waals surface area contributed by atoms with Crippen molar-refractivity contribution in [3.8, 4) is 0 Å². The number of para-hydroxylation sites is 1. The van der Waals surface area contributed by atoms with Gasteiger partial charge in [-0.25, -0.2) is 5.16 Å². The van der Waals surface area contributed by atoms with E-state index in [0.717, 1.165) is 11.4 Å². The van der Waals surface area contributed by atoms with Gasteiger partial charge in [0.2, 0.25) is 5.91 Å². The Kier molecular flexibility index (Phi) is 9.31. The first-order valence-electron chi connectivity index (χ1n) is 7.62. The van der Waals surface area contributed by atoms with Crippen molar-refractivity contribution in [2.45, 2.75) is 26.2 Å². The van der Waals surface area contributed by atoms with E-state index in [1.54, 1.807) is 30.3 Å². The van der Waals surface area contributed by atoms with Gasteiger partial charge in [-0.05, 0) is 23.3 Å². The maximum absolute atomic E-state index is 11.7. The van der Waals surface area contributed by atoms with Gasteiger partial charge in [-0.15, -0.1) is 6.20 Å². The fraction of sp³-hybridized carbons (Fsp3) is 0.200. The quantitative estimate of drug-likeness (QED) is 0.557. The number of rotatable bonds is 2. The first-order valence-corrected chi connectivity index (χ1v) is 7.62. The maximum atomic E-state index is 11.7. The van der Waals surface area contributed by atoms with Crippen molar-refractivity contribution in [2.75, 3.05) is 5.32 Å². The summed E-state index contributed by atoms with van der Waals surface area (Å²) in [4.78, 5) is 11.7. The number of carbonyl (C=O) groups is 1. The molecule has 0 spiro atoms. The summed E-state index contributed by atoms with van der Waals surface area (Å²) in [6, 6.07) is 20.9. The number of anilines is 1. The second-order valence-corrected chi connectivity index (χ2v) is 6.18. The van der Waals surface area contributed by atoms with Crippen molar-refractivity contribution in [1.29, 1.82) is 0 Å². The number of hydrogen-bond donors (Lipinski definition) is 1. The van der Waals surface area contributed by atoms with Gasteiger partial charge in [0.15, 0.2) is 0 Å². The number of carbonyl (C=O) groups excluding carboxylic acids is 1. The van der Waals surface area contributed by atoms with Crippen LogP contribution >= 0.6 is 0 Å². The van der Waals surface area contributed by atoms with Gasteiger partial charge in [-0.1, -0.05) is 44.5 Å². The Hall–Kier alpha value is -1.24. The van der Waals surface area contributed by atoms with Crippen LogP contribution in [0.2, 0.25) is 0 Å². The molecule has 3 aromatic rings. The van der Waals surface area contributed by atoms with Gasteiger partial charge in [-0.2, -0.15) is 36.4 Å². The van der Waals surface area contributed by atoms with Crippen LogP contribution in [-0.4, -0.2) is 11.1 Å². The van der Waals surface area contributed by atoms with E-state index in [9.17, 15) is 4.79 Å². The molecule has 0 fully saturated rings. The van der Waals surface area contributed by atoms with E-state index in [4.69, 9.17) is 4.52 Å². The third kappa shape index (κ3) is 7.67.